The highest BCUT2D eigenvalue weighted by Gasteiger charge is 2.60. The molecular weight excluding hydrogens is 184 g/mol. The molecule has 0 amide bonds. The van der Waals surface area contributed by atoms with E-state index in [1.165, 1.54) is 6.42 Å². The average molecular weight is 196 g/mol. The molecule has 1 saturated heterocycles. The molecule has 0 N–H and O–H groups in total. The first-order chi connectivity index (χ1) is 6.71. The highest BCUT2D eigenvalue weighted by molar-refractivity contribution is 5.94. The Morgan fingerprint density at radius 1 is 1.29 bits per heavy atom. The maximum atomic E-state index is 11.8. The Hall–Kier alpha value is -1.06. The van der Waals surface area contributed by atoms with Gasteiger partial charge < -0.3 is 9.47 Å². The van der Waals surface area contributed by atoms with Crippen LogP contribution in [0.3, 0.4) is 0 Å². The highest BCUT2D eigenvalue weighted by atomic mass is 16.7. The molecule has 2 bridgehead atoms. The minimum atomic E-state index is -0.793. The normalized spacial score (nSPS) is 45.4. The molecule has 14 heavy (non-hydrogen) atoms. The lowest BCUT2D eigenvalue weighted by Gasteiger charge is -2.37. The number of rotatable bonds is 0. The highest BCUT2D eigenvalue weighted by Crippen LogP contribution is 2.53. The third-order valence-corrected chi connectivity index (χ3v) is 3.85. The summed E-state index contributed by atoms with van der Waals surface area (Å²) in [5.74, 6) is 0.798. The monoisotopic (exact) mass is 196 g/mol. The average Bonchev–Trinajstić information content (AvgIpc) is 2.72. The number of cyclic esters (lactones) is 1. The summed E-state index contributed by atoms with van der Waals surface area (Å²) in [6.07, 6.45) is 3.30. The fourth-order valence-electron chi connectivity index (χ4n) is 3.23. The summed E-state index contributed by atoms with van der Waals surface area (Å²) in [4.78, 5) is 22.8. The van der Waals surface area contributed by atoms with Crippen molar-refractivity contribution in [3.05, 3.63) is 0 Å². The van der Waals surface area contributed by atoms with Crippen molar-refractivity contribution in [2.24, 2.45) is 11.8 Å². The first kappa shape index (κ1) is 8.26. The van der Waals surface area contributed by atoms with Crippen LogP contribution in [0.2, 0.25) is 0 Å². The first-order valence-corrected chi connectivity index (χ1v) is 5.10. The SMILES string of the molecule is O=C1OCC(=O)[C@@]2(C[C@H]3CC[C@H]2C3)O1. The molecule has 2 saturated carbocycles. The van der Waals surface area contributed by atoms with E-state index in [1.807, 2.05) is 0 Å². The van der Waals surface area contributed by atoms with Crippen molar-refractivity contribution in [2.45, 2.75) is 31.3 Å². The van der Waals surface area contributed by atoms with Gasteiger partial charge in [0.2, 0.25) is 5.78 Å². The van der Waals surface area contributed by atoms with Crippen LogP contribution in [0.15, 0.2) is 0 Å². The predicted octanol–water partition coefficient (Wildman–Crippen LogP) is 1.28. The van der Waals surface area contributed by atoms with Gasteiger partial charge in [0.25, 0.3) is 0 Å². The van der Waals surface area contributed by atoms with E-state index < -0.39 is 11.8 Å². The third kappa shape index (κ3) is 0.885. The molecule has 1 aliphatic heterocycles. The summed E-state index contributed by atoms with van der Waals surface area (Å²) in [7, 11) is 0. The summed E-state index contributed by atoms with van der Waals surface area (Å²) in [6.45, 7) is -0.0952. The van der Waals surface area contributed by atoms with Crippen molar-refractivity contribution in [3.63, 3.8) is 0 Å². The molecule has 3 fully saturated rings. The zero-order valence-corrected chi connectivity index (χ0v) is 7.82. The van der Waals surface area contributed by atoms with Crippen molar-refractivity contribution in [1.29, 1.82) is 0 Å². The van der Waals surface area contributed by atoms with Crippen molar-refractivity contribution in [2.75, 3.05) is 6.61 Å². The summed E-state index contributed by atoms with van der Waals surface area (Å²) in [5.41, 5.74) is -0.793. The van der Waals surface area contributed by atoms with Gasteiger partial charge in [-0.25, -0.2) is 4.79 Å². The van der Waals surface area contributed by atoms with Crippen molar-refractivity contribution in [1.82, 2.24) is 0 Å². The molecule has 4 nitrogen and oxygen atoms in total. The van der Waals surface area contributed by atoms with Crippen molar-refractivity contribution < 1.29 is 19.1 Å². The molecule has 0 aromatic rings. The molecule has 2 aliphatic carbocycles. The fraction of sp³-hybridized carbons (Fsp3) is 0.800. The summed E-state index contributed by atoms with van der Waals surface area (Å²) in [6, 6.07) is 0. The number of ether oxygens (including phenoxy) is 2. The molecular formula is C10H12O4. The number of carbonyl (C=O) groups is 2. The molecule has 0 aromatic heterocycles. The number of hydrogen-bond acceptors (Lipinski definition) is 4. The van der Waals surface area contributed by atoms with E-state index in [0.717, 1.165) is 19.3 Å². The fourth-order valence-corrected chi connectivity index (χ4v) is 3.23. The summed E-state index contributed by atoms with van der Waals surface area (Å²) >= 11 is 0. The van der Waals surface area contributed by atoms with Gasteiger partial charge in [-0.1, -0.05) is 0 Å². The van der Waals surface area contributed by atoms with Crippen LogP contribution in [0, 0.1) is 11.8 Å². The Balaban J connectivity index is 1.94. The standard InChI is InChI=1S/C10H12O4/c11-8-5-13-9(12)14-10(8)4-6-1-2-7(10)3-6/h6-7H,1-5H2/t6-,7-,10-/m0/s1. The van der Waals surface area contributed by atoms with E-state index >= 15 is 0 Å². The van der Waals surface area contributed by atoms with Gasteiger partial charge in [-0.3, -0.25) is 4.79 Å². The van der Waals surface area contributed by atoms with Gasteiger partial charge in [0.15, 0.2) is 12.2 Å². The molecule has 76 valence electrons. The second-order valence-corrected chi connectivity index (χ2v) is 4.53. The Bertz CT molecular complexity index is 311. The smallest absolute Gasteiger partial charge is 0.426 e. The Labute approximate surface area is 81.6 Å². The van der Waals surface area contributed by atoms with E-state index in [9.17, 15) is 9.59 Å². The molecule has 3 aliphatic rings. The molecule has 0 unspecified atom stereocenters. The Morgan fingerprint density at radius 2 is 2.14 bits per heavy atom. The van der Waals surface area contributed by atoms with Crippen LogP contribution in [-0.4, -0.2) is 24.1 Å². The Kier molecular flexibility index (Phi) is 1.47. The second kappa shape index (κ2) is 2.49. The lowest BCUT2D eigenvalue weighted by Crippen LogP contribution is -2.53. The maximum absolute atomic E-state index is 11.8. The van der Waals surface area contributed by atoms with E-state index in [2.05, 4.69) is 4.74 Å². The topological polar surface area (TPSA) is 52.6 Å². The van der Waals surface area contributed by atoms with Crippen LogP contribution in [-0.2, 0) is 14.3 Å². The number of Topliss-reactive ketones (excluding diaryl/α,β-unsaturated/α-hetero) is 1. The van der Waals surface area contributed by atoms with Crippen LogP contribution in [0.5, 0.6) is 0 Å². The quantitative estimate of drug-likeness (QED) is 0.548. The molecule has 0 aromatic carbocycles. The van der Waals surface area contributed by atoms with Crippen LogP contribution in [0.4, 0.5) is 4.79 Å². The lowest BCUT2D eigenvalue weighted by molar-refractivity contribution is -0.161. The third-order valence-electron chi connectivity index (χ3n) is 3.85. The Morgan fingerprint density at radius 3 is 2.79 bits per heavy atom. The predicted molar refractivity (Wildman–Crippen MR) is 45.6 cm³/mol. The van der Waals surface area contributed by atoms with Gasteiger partial charge >= 0.3 is 6.16 Å². The van der Waals surface area contributed by atoms with Gasteiger partial charge in [-0.15, -0.1) is 0 Å². The van der Waals surface area contributed by atoms with Gasteiger partial charge in [-0.05, 0) is 31.6 Å². The van der Waals surface area contributed by atoms with E-state index in [4.69, 9.17) is 4.74 Å². The lowest BCUT2D eigenvalue weighted by atomic mass is 9.80. The largest absolute Gasteiger partial charge is 0.509 e. The molecule has 1 heterocycles. The number of carbonyl (C=O) groups excluding carboxylic acids is 2. The van der Waals surface area contributed by atoms with E-state index in [-0.39, 0.29) is 18.3 Å². The number of hydrogen-bond donors (Lipinski definition) is 0. The number of fused-ring (bicyclic) bond motifs is 3. The number of ketones is 1. The second-order valence-electron chi connectivity index (χ2n) is 4.53. The molecule has 3 rings (SSSR count). The van der Waals surface area contributed by atoms with E-state index in [0.29, 0.717) is 5.92 Å². The molecule has 4 heteroatoms. The van der Waals surface area contributed by atoms with Crippen molar-refractivity contribution in [3.8, 4) is 0 Å². The summed E-state index contributed by atoms with van der Waals surface area (Å²) < 4.78 is 9.74. The van der Waals surface area contributed by atoms with Crippen LogP contribution < -0.4 is 0 Å². The zero-order valence-electron chi connectivity index (χ0n) is 7.82. The minimum Gasteiger partial charge on any atom is -0.426 e. The zero-order chi connectivity index (χ0) is 9.76. The van der Waals surface area contributed by atoms with Gasteiger partial charge in [0.1, 0.15) is 0 Å². The summed E-state index contributed by atoms with van der Waals surface area (Å²) in [5, 5.41) is 0. The van der Waals surface area contributed by atoms with Gasteiger partial charge in [0, 0.05) is 5.92 Å². The molecule has 0 radical (unpaired) electrons. The van der Waals surface area contributed by atoms with Crippen LogP contribution >= 0.6 is 0 Å². The van der Waals surface area contributed by atoms with E-state index in [1.54, 1.807) is 0 Å². The molecule has 1 spiro atoms. The van der Waals surface area contributed by atoms with Crippen LogP contribution in [0.25, 0.3) is 0 Å². The maximum Gasteiger partial charge on any atom is 0.509 e. The van der Waals surface area contributed by atoms with Crippen molar-refractivity contribution >= 4 is 11.9 Å². The first-order valence-electron chi connectivity index (χ1n) is 5.10. The molecule has 3 atom stereocenters. The van der Waals surface area contributed by atoms with Gasteiger partial charge in [0.05, 0.1) is 0 Å². The van der Waals surface area contributed by atoms with Gasteiger partial charge in [-0.2, -0.15) is 0 Å². The minimum absolute atomic E-state index is 0.0377. The van der Waals surface area contributed by atoms with Crippen LogP contribution in [0.1, 0.15) is 25.7 Å².